The highest BCUT2D eigenvalue weighted by molar-refractivity contribution is 6.31. The van der Waals surface area contributed by atoms with Gasteiger partial charge >= 0.3 is 0 Å². The molecule has 1 aliphatic carbocycles. The number of aliphatic hydroxyl groups is 1. The Balaban J connectivity index is 2.12. The van der Waals surface area contributed by atoms with Gasteiger partial charge in [-0.05, 0) is 72.6 Å². The van der Waals surface area contributed by atoms with Gasteiger partial charge in [-0.1, -0.05) is 32.4 Å². The van der Waals surface area contributed by atoms with Gasteiger partial charge in [0.15, 0.2) is 0 Å². The minimum atomic E-state index is -0.258. The second-order valence-electron chi connectivity index (χ2n) is 7.71. The van der Waals surface area contributed by atoms with Crippen LogP contribution in [0.15, 0.2) is 18.2 Å². The van der Waals surface area contributed by atoms with E-state index >= 15 is 0 Å². The Labute approximate surface area is 132 Å². The molecule has 2 rings (SSSR count). The van der Waals surface area contributed by atoms with Crippen LogP contribution in [-0.4, -0.2) is 11.7 Å². The summed E-state index contributed by atoms with van der Waals surface area (Å²) in [5.74, 6) is 0.436. The van der Waals surface area contributed by atoms with Crippen LogP contribution in [0, 0.1) is 22.6 Å². The molecule has 0 heterocycles. The van der Waals surface area contributed by atoms with Gasteiger partial charge in [-0.15, -0.1) is 0 Å². The predicted octanol–water partition coefficient (Wildman–Crippen LogP) is 5.24. The first-order chi connectivity index (χ1) is 9.76. The molecule has 1 aromatic rings. The minimum Gasteiger partial charge on any atom is -0.396 e. The molecule has 0 aromatic heterocycles. The van der Waals surface area contributed by atoms with Crippen LogP contribution in [0.2, 0.25) is 5.02 Å². The smallest absolute Gasteiger partial charge is 0.123 e. The van der Waals surface area contributed by atoms with Crippen molar-refractivity contribution in [1.29, 1.82) is 0 Å². The summed E-state index contributed by atoms with van der Waals surface area (Å²) in [4.78, 5) is 0. The monoisotopic (exact) mass is 312 g/mol. The summed E-state index contributed by atoms with van der Waals surface area (Å²) in [6.07, 6.45) is 4.88. The topological polar surface area (TPSA) is 20.2 Å². The van der Waals surface area contributed by atoms with Crippen molar-refractivity contribution in [1.82, 2.24) is 0 Å². The highest BCUT2D eigenvalue weighted by Crippen LogP contribution is 2.47. The van der Waals surface area contributed by atoms with E-state index in [0.29, 0.717) is 22.8 Å². The molecular weight excluding hydrogens is 287 g/mol. The van der Waals surface area contributed by atoms with Crippen molar-refractivity contribution in [3.05, 3.63) is 34.6 Å². The first-order valence-corrected chi connectivity index (χ1v) is 8.18. The van der Waals surface area contributed by atoms with Gasteiger partial charge in [0.05, 0.1) is 0 Å². The Hall–Kier alpha value is -0.600. The van der Waals surface area contributed by atoms with Gasteiger partial charge in [0.25, 0.3) is 0 Å². The Bertz CT molecular complexity index is 484. The standard InChI is InChI=1S/C18H26ClFO/c1-17(2,3)14-6-8-18(12-21,9-7-14)11-13-10-15(20)4-5-16(13)19/h4-5,10,14,21H,6-9,11-12H2,1-3H3. The summed E-state index contributed by atoms with van der Waals surface area (Å²) in [5, 5.41) is 10.5. The molecular formula is C18H26ClFO. The van der Waals surface area contributed by atoms with Gasteiger partial charge in [-0.2, -0.15) is 0 Å². The molecule has 0 bridgehead atoms. The highest BCUT2D eigenvalue weighted by Gasteiger charge is 2.38. The average molecular weight is 313 g/mol. The van der Waals surface area contributed by atoms with Crippen molar-refractivity contribution >= 4 is 11.6 Å². The molecule has 118 valence electrons. The SMILES string of the molecule is CC(C)(C)C1CCC(CO)(Cc2cc(F)ccc2Cl)CC1. The molecule has 1 fully saturated rings. The molecule has 1 aromatic carbocycles. The van der Waals surface area contributed by atoms with Crippen LogP contribution in [0.5, 0.6) is 0 Å². The fourth-order valence-corrected chi connectivity index (χ4v) is 3.75. The highest BCUT2D eigenvalue weighted by atomic mass is 35.5. The van der Waals surface area contributed by atoms with Gasteiger partial charge in [-0.25, -0.2) is 4.39 Å². The van der Waals surface area contributed by atoms with Crippen LogP contribution < -0.4 is 0 Å². The fourth-order valence-electron chi connectivity index (χ4n) is 3.57. The van der Waals surface area contributed by atoms with Crippen LogP contribution in [0.3, 0.4) is 0 Å². The van der Waals surface area contributed by atoms with E-state index < -0.39 is 0 Å². The number of benzene rings is 1. The molecule has 21 heavy (non-hydrogen) atoms. The minimum absolute atomic E-state index is 0.140. The zero-order valence-electron chi connectivity index (χ0n) is 13.3. The summed E-state index contributed by atoms with van der Waals surface area (Å²) in [6.45, 7) is 7.00. The largest absolute Gasteiger partial charge is 0.396 e. The average Bonchev–Trinajstić information content (AvgIpc) is 2.42. The van der Waals surface area contributed by atoms with E-state index in [1.165, 1.54) is 12.1 Å². The van der Waals surface area contributed by atoms with Crippen LogP contribution in [0.1, 0.15) is 52.0 Å². The number of hydrogen-bond acceptors (Lipinski definition) is 1. The first kappa shape index (κ1) is 16.8. The number of halogens is 2. The molecule has 1 aliphatic rings. The quantitative estimate of drug-likeness (QED) is 0.809. The molecule has 1 saturated carbocycles. The Kier molecular flexibility index (Phi) is 4.99. The Morgan fingerprint density at radius 1 is 1.29 bits per heavy atom. The normalized spacial score (nSPS) is 26.9. The third kappa shape index (κ3) is 3.98. The van der Waals surface area contributed by atoms with E-state index in [0.717, 1.165) is 31.2 Å². The van der Waals surface area contributed by atoms with Crippen molar-refractivity contribution in [2.24, 2.45) is 16.7 Å². The van der Waals surface area contributed by atoms with Gasteiger partial charge in [0.1, 0.15) is 5.82 Å². The zero-order valence-corrected chi connectivity index (χ0v) is 14.0. The lowest BCUT2D eigenvalue weighted by atomic mass is 9.62. The Morgan fingerprint density at radius 2 is 1.90 bits per heavy atom. The van der Waals surface area contributed by atoms with Crippen molar-refractivity contribution in [3.8, 4) is 0 Å². The van der Waals surface area contributed by atoms with Crippen LogP contribution in [-0.2, 0) is 6.42 Å². The van der Waals surface area contributed by atoms with E-state index in [1.54, 1.807) is 6.07 Å². The molecule has 0 radical (unpaired) electrons. The van der Waals surface area contributed by atoms with Crippen LogP contribution >= 0.6 is 11.6 Å². The first-order valence-electron chi connectivity index (χ1n) is 7.81. The molecule has 0 unspecified atom stereocenters. The van der Waals surface area contributed by atoms with Crippen molar-refractivity contribution in [2.45, 2.75) is 52.9 Å². The summed E-state index contributed by atoms with van der Waals surface area (Å²) in [5.41, 5.74) is 0.997. The molecule has 0 amide bonds. The third-order valence-corrected chi connectivity index (χ3v) is 5.55. The molecule has 0 atom stereocenters. The molecule has 1 nitrogen and oxygen atoms in total. The molecule has 0 saturated heterocycles. The molecule has 1 N–H and O–H groups in total. The molecule has 0 aliphatic heterocycles. The summed E-state index contributed by atoms with van der Waals surface area (Å²) < 4.78 is 13.4. The van der Waals surface area contributed by atoms with E-state index in [1.807, 2.05) is 0 Å². The van der Waals surface area contributed by atoms with E-state index in [-0.39, 0.29) is 17.8 Å². The van der Waals surface area contributed by atoms with Crippen LogP contribution in [0.25, 0.3) is 0 Å². The van der Waals surface area contributed by atoms with Gasteiger partial charge in [-0.3, -0.25) is 0 Å². The lowest BCUT2D eigenvalue weighted by Gasteiger charge is -2.43. The summed E-state index contributed by atoms with van der Waals surface area (Å²) in [7, 11) is 0. The summed E-state index contributed by atoms with van der Waals surface area (Å²) in [6, 6.07) is 4.50. The number of rotatable bonds is 3. The lowest BCUT2D eigenvalue weighted by molar-refractivity contribution is 0.0369. The van der Waals surface area contributed by atoms with E-state index in [4.69, 9.17) is 11.6 Å². The van der Waals surface area contributed by atoms with Gasteiger partial charge in [0.2, 0.25) is 0 Å². The van der Waals surface area contributed by atoms with Crippen molar-refractivity contribution < 1.29 is 9.50 Å². The second-order valence-corrected chi connectivity index (χ2v) is 8.12. The van der Waals surface area contributed by atoms with Crippen molar-refractivity contribution in [2.75, 3.05) is 6.61 Å². The van der Waals surface area contributed by atoms with E-state index in [9.17, 15) is 9.50 Å². The Morgan fingerprint density at radius 3 is 2.43 bits per heavy atom. The number of hydrogen-bond donors (Lipinski definition) is 1. The van der Waals surface area contributed by atoms with Crippen molar-refractivity contribution in [3.63, 3.8) is 0 Å². The summed E-state index contributed by atoms with van der Waals surface area (Å²) >= 11 is 6.19. The second kappa shape index (κ2) is 6.26. The predicted molar refractivity (Wildman–Crippen MR) is 86.0 cm³/mol. The molecule has 3 heteroatoms. The maximum absolute atomic E-state index is 13.4. The van der Waals surface area contributed by atoms with Crippen LogP contribution in [0.4, 0.5) is 4.39 Å². The molecule has 0 spiro atoms. The fraction of sp³-hybridized carbons (Fsp3) is 0.667. The zero-order chi connectivity index (χ0) is 15.7. The van der Waals surface area contributed by atoms with E-state index in [2.05, 4.69) is 20.8 Å². The number of aliphatic hydroxyl groups excluding tert-OH is 1. The van der Waals surface area contributed by atoms with Gasteiger partial charge in [0, 0.05) is 11.6 Å². The maximum atomic E-state index is 13.4. The maximum Gasteiger partial charge on any atom is 0.123 e. The third-order valence-electron chi connectivity index (χ3n) is 5.18. The van der Waals surface area contributed by atoms with Gasteiger partial charge < -0.3 is 5.11 Å². The lowest BCUT2D eigenvalue weighted by Crippen LogP contribution is -2.36.